The maximum absolute atomic E-state index is 5.80. The van der Waals surface area contributed by atoms with Gasteiger partial charge in [-0.3, -0.25) is 4.40 Å². The fourth-order valence-corrected chi connectivity index (χ4v) is 2.02. The molecule has 5 heteroatoms. The van der Waals surface area contributed by atoms with Gasteiger partial charge in [0.05, 0.1) is 0 Å². The van der Waals surface area contributed by atoms with Crippen LogP contribution in [0.2, 0.25) is 5.15 Å². The van der Waals surface area contributed by atoms with E-state index in [1.54, 1.807) is 12.4 Å². The van der Waals surface area contributed by atoms with E-state index in [0.717, 1.165) is 24.3 Å². The zero-order chi connectivity index (χ0) is 12.1. The Morgan fingerprint density at radius 2 is 2.00 bits per heavy atom. The van der Waals surface area contributed by atoms with E-state index in [0.29, 0.717) is 5.15 Å². The quantitative estimate of drug-likeness (QED) is 0.585. The molecule has 4 nitrogen and oxygen atoms in total. The summed E-state index contributed by atoms with van der Waals surface area (Å²) in [6, 6.07) is 1.73. The number of fused-ring (bicyclic) bond motifs is 1. The Labute approximate surface area is 106 Å². The van der Waals surface area contributed by atoms with Gasteiger partial charge < -0.3 is 0 Å². The summed E-state index contributed by atoms with van der Waals surface area (Å²) in [5, 5.41) is 8.71. The minimum atomic E-state index is 0.458. The normalized spacial score (nSPS) is 11.2. The fourth-order valence-electron chi connectivity index (χ4n) is 1.88. The Bertz CT molecular complexity index is 480. The zero-order valence-corrected chi connectivity index (χ0v) is 10.8. The average Bonchev–Trinajstić information content (AvgIpc) is 2.71. The highest BCUT2D eigenvalue weighted by Gasteiger charge is 2.05. The van der Waals surface area contributed by atoms with Gasteiger partial charge in [0, 0.05) is 12.5 Å². The third-order valence-corrected chi connectivity index (χ3v) is 3.05. The molecule has 0 saturated heterocycles. The van der Waals surface area contributed by atoms with Gasteiger partial charge in [-0.05, 0) is 6.42 Å². The molecule has 0 unspecified atom stereocenters. The zero-order valence-electron chi connectivity index (χ0n) is 10.1. The van der Waals surface area contributed by atoms with E-state index < -0.39 is 0 Å². The summed E-state index contributed by atoms with van der Waals surface area (Å²) in [5.41, 5.74) is 0.772. The molecule has 92 valence electrons. The largest absolute Gasteiger partial charge is 0.269 e. The molecule has 0 atom stereocenters. The van der Waals surface area contributed by atoms with Crippen LogP contribution in [0.4, 0.5) is 0 Å². The third kappa shape index (κ3) is 3.16. The molecular weight excluding hydrogens is 236 g/mol. The van der Waals surface area contributed by atoms with Gasteiger partial charge in [-0.1, -0.05) is 44.2 Å². The van der Waals surface area contributed by atoms with Crippen LogP contribution >= 0.6 is 11.6 Å². The molecule has 2 heterocycles. The van der Waals surface area contributed by atoms with Crippen molar-refractivity contribution in [1.82, 2.24) is 19.6 Å². The molecule has 0 amide bonds. The smallest absolute Gasteiger partial charge is 0.165 e. The van der Waals surface area contributed by atoms with Crippen LogP contribution in [-0.2, 0) is 6.42 Å². The minimum Gasteiger partial charge on any atom is -0.269 e. The molecule has 17 heavy (non-hydrogen) atoms. The van der Waals surface area contributed by atoms with Crippen molar-refractivity contribution in [2.45, 2.75) is 45.4 Å². The van der Waals surface area contributed by atoms with Crippen molar-refractivity contribution >= 4 is 17.2 Å². The summed E-state index contributed by atoms with van der Waals surface area (Å²) in [7, 11) is 0. The lowest BCUT2D eigenvalue weighted by atomic mass is 10.1. The Kier molecular flexibility index (Phi) is 4.31. The Balaban J connectivity index is 1.95. The van der Waals surface area contributed by atoms with Gasteiger partial charge in [-0.25, -0.2) is 4.98 Å². The van der Waals surface area contributed by atoms with Crippen molar-refractivity contribution in [3.05, 3.63) is 23.4 Å². The number of rotatable bonds is 6. The van der Waals surface area contributed by atoms with Crippen LogP contribution in [0.25, 0.3) is 5.65 Å². The van der Waals surface area contributed by atoms with Crippen molar-refractivity contribution in [2.75, 3.05) is 0 Å². The predicted octanol–water partition coefficient (Wildman–Crippen LogP) is 3.29. The van der Waals surface area contributed by atoms with Gasteiger partial charge in [-0.15, -0.1) is 10.2 Å². The Hall–Kier alpha value is -1.16. The van der Waals surface area contributed by atoms with E-state index >= 15 is 0 Å². The van der Waals surface area contributed by atoms with Gasteiger partial charge in [0.25, 0.3) is 0 Å². The SMILES string of the molecule is CCCCCCCc1nnc2cc(Cl)ncn12. The first kappa shape index (κ1) is 12.3. The van der Waals surface area contributed by atoms with Crippen LogP contribution in [0.1, 0.15) is 44.9 Å². The Morgan fingerprint density at radius 3 is 2.82 bits per heavy atom. The van der Waals surface area contributed by atoms with Gasteiger partial charge in [-0.2, -0.15) is 0 Å². The van der Waals surface area contributed by atoms with E-state index in [2.05, 4.69) is 22.1 Å². The highest BCUT2D eigenvalue weighted by Crippen LogP contribution is 2.11. The standard InChI is InChI=1S/C12H17ClN4/c1-2-3-4-5-6-7-11-15-16-12-8-10(13)14-9-17(11)12/h8-9H,2-7H2,1H3. The molecule has 0 radical (unpaired) electrons. The van der Waals surface area contributed by atoms with E-state index in [4.69, 9.17) is 11.6 Å². The molecular formula is C12H17ClN4. The molecule has 0 N–H and O–H groups in total. The average molecular weight is 253 g/mol. The fraction of sp³-hybridized carbons (Fsp3) is 0.583. The number of hydrogen-bond acceptors (Lipinski definition) is 3. The monoisotopic (exact) mass is 252 g/mol. The van der Waals surface area contributed by atoms with Crippen molar-refractivity contribution in [3.63, 3.8) is 0 Å². The molecule has 2 rings (SSSR count). The maximum Gasteiger partial charge on any atom is 0.165 e. The lowest BCUT2D eigenvalue weighted by Crippen LogP contribution is -1.96. The van der Waals surface area contributed by atoms with Crippen LogP contribution in [0.5, 0.6) is 0 Å². The predicted molar refractivity (Wildman–Crippen MR) is 68.3 cm³/mol. The topological polar surface area (TPSA) is 43.1 Å². The molecule has 2 aromatic rings. The summed E-state index contributed by atoms with van der Waals surface area (Å²) in [6.45, 7) is 2.22. The summed E-state index contributed by atoms with van der Waals surface area (Å²) < 4.78 is 1.91. The number of aromatic nitrogens is 4. The number of halogens is 1. The number of nitrogens with zero attached hydrogens (tertiary/aromatic N) is 4. The van der Waals surface area contributed by atoms with Crippen molar-refractivity contribution in [1.29, 1.82) is 0 Å². The molecule has 0 bridgehead atoms. The molecule has 0 aliphatic heterocycles. The van der Waals surface area contributed by atoms with Crippen LogP contribution in [0.15, 0.2) is 12.4 Å². The van der Waals surface area contributed by atoms with Crippen LogP contribution < -0.4 is 0 Å². The highest BCUT2D eigenvalue weighted by molar-refractivity contribution is 6.29. The molecule has 0 aromatic carbocycles. The molecule has 0 aliphatic carbocycles. The van der Waals surface area contributed by atoms with E-state index in [9.17, 15) is 0 Å². The summed E-state index contributed by atoms with van der Waals surface area (Å²) in [5.74, 6) is 0.973. The lowest BCUT2D eigenvalue weighted by Gasteiger charge is -2.00. The maximum atomic E-state index is 5.80. The molecule has 0 saturated carbocycles. The summed E-state index contributed by atoms with van der Waals surface area (Å²) in [6.07, 6.45) is 8.95. The van der Waals surface area contributed by atoms with E-state index in [-0.39, 0.29) is 0 Å². The highest BCUT2D eigenvalue weighted by atomic mass is 35.5. The second kappa shape index (κ2) is 5.96. The molecule has 2 aromatic heterocycles. The summed E-state index contributed by atoms with van der Waals surface area (Å²) >= 11 is 5.80. The summed E-state index contributed by atoms with van der Waals surface area (Å²) in [4.78, 5) is 4.05. The Morgan fingerprint density at radius 1 is 1.18 bits per heavy atom. The molecule has 0 aliphatic rings. The van der Waals surface area contributed by atoms with Crippen LogP contribution in [-0.4, -0.2) is 19.6 Å². The molecule has 0 fully saturated rings. The van der Waals surface area contributed by atoms with Gasteiger partial charge in [0.1, 0.15) is 17.3 Å². The second-order valence-corrected chi connectivity index (χ2v) is 4.61. The number of aryl methyl sites for hydroxylation is 1. The first-order valence-electron chi connectivity index (χ1n) is 6.16. The van der Waals surface area contributed by atoms with Crippen LogP contribution in [0, 0.1) is 0 Å². The van der Waals surface area contributed by atoms with Gasteiger partial charge in [0.15, 0.2) is 5.65 Å². The van der Waals surface area contributed by atoms with Crippen molar-refractivity contribution in [2.24, 2.45) is 0 Å². The van der Waals surface area contributed by atoms with Crippen molar-refractivity contribution < 1.29 is 0 Å². The molecule has 0 spiro atoms. The third-order valence-electron chi connectivity index (χ3n) is 2.84. The number of unbranched alkanes of at least 4 members (excludes halogenated alkanes) is 4. The first-order valence-corrected chi connectivity index (χ1v) is 6.54. The van der Waals surface area contributed by atoms with Gasteiger partial charge >= 0.3 is 0 Å². The van der Waals surface area contributed by atoms with Crippen molar-refractivity contribution in [3.8, 4) is 0 Å². The van der Waals surface area contributed by atoms with E-state index in [1.165, 1.54) is 25.7 Å². The first-order chi connectivity index (χ1) is 8.31. The number of hydrogen-bond donors (Lipinski definition) is 0. The minimum absolute atomic E-state index is 0.458. The van der Waals surface area contributed by atoms with E-state index in [1.807, 2.05) is 4.40 Å². The lowest BCUT2D eigenvalue weighted by molar-refractivity contribution is 0.620. The van der Waals surface area contributed by atoms with Crippen LogP contribution in [0.3, 0.4) is 0 Å². The van der Waals surface area contributed by atoms with Gasteiger partial charge in [0.2, 0.25) is 0 Å². The second-order valence-electron chi connectivity index (χ2n) is 4.22.